The highest BCUT2D eigenvalue weighted by atomic mass is 32.1. The van der Waals surface area contributed by atoms with E-state index in [-0.39, 0.29) is 11.8 Å². The van der Waals surface area contributed by atoms with Gasteiger partial charge in [0.15, 0.2) is 0 Å². The van der Waals surface area contributed by atoms with Crippen molar-refractivity contribution in [3.63, 3.8) is 0 Å². The lowest BCUT2D eigenvalue weighted by Crippen LogP contribution is -2.44. The highest BCUT2D eigenvalue weighted by molar-refractivity contribution is 7.19. The minimum absolute atomic E-state index is 0.0242. The molecule has 1 fully saturated rings. The Morgan fingerprint density at radius 1 is 1.32 bits per heavy atom. The first-order valence-corrected chi connectivity index (χ1v) is 12.5. The third kappa shape index (κ3) is 3.76. The number of aromatic nitrogens is 4. The van der Waals surface area contributed by atoms with Crippen molar-refractivity contribution in [3.05, 3.63) is 35.1 Å². The Hall–Kier alpha value is -3.24. The van der Waals surface area contributed by atoms with Gasteiger partial charge in [-0.2, -0.15) is 5.10 Å². The molecule has 1 aromatic carbocycles. The summed E-state index contributed by atoms with van der Waals surface area (Å²) in [6, 6.07) is 3.98. The molecule has 10 heteroatoms. The highest BCUT2D eigenvalue weighted by Gasteiger charge is 2.32. The highest BCUT2D eigenvalue weighted by Crippen LogP contribution is 2.42. The van der Waals surface area contributed by atoms with Gasteiger partial charge in [0.25, 0.3) is 0 Å². The lowest BCUT2D eigenvalue weighted by molar-refractivity contribution is -0.140. The molecule has 9 nitrogen and oxygen atoms in total. The SMILES string of the molecule is CCOc1cc2[nH]ncc2cc1Nc1ncnc2sc3c(c12)CCC(C(=O)N1CCOCC1)C3. The van der Waals surface area contributed by atoms with Crippen molar-refractivity contribution >= 4 is 49.9 Å². The summed E-state index contributed by atoms with van der Waals surface area (Å²) >= 11 is 1.68. The number of morpholine rings is 1. The first-order chi connectivity index (χ1) is 16.7. The topological polar surface area (TPSA) is 105 Å². The van der Waals surface area contributed by atoms with Crippen molar-refractivity contribution in [2.75, 3.05) is 38.2 Å². The fraction of sp³-hybridized carbons (Fsp3) is 0.417. The van der Waals surface area contributed by atoms with E-state index in [1.54, 1.807) is 23.9 Å². The number of aromatic amines is 1. The van der Waals surface area contributed by atoms with Crippen LogP contribution in [0.3, 0.4) is 0 Å². The number of hydrogen-bond acceptors (Lipinski definition) is 8. The van der Waals surface area contributed by atoms with E-state index in [0.29, 0.717) is 32.9 Å². The van der Waals surface area contributed by atoms with Crippen molar-refractivity contribution in [2.45, 2.75) is 26.2 Å². The molecule has 0 spiro atoms. The maximum absolute atomic E-state index is 13.1. The molecule has 1 amide bonds. The second-order valence-electron chi connectivity index (χ2n) is 8.65. The molecule has 1 saturated heterocycles. The average molecular weight is 479 g/mol. The van der Waals surface area contributed by atoms with Gasteiger partial charge in [0.2, 0.25) is 5.91 Å². The monoisotopic (exact) mass is 478 g/mol. The normalized spacial score (nSPS) is 18.3. The number of carbonyl (C=O) groups is 1. The zero-order valence-corrected chi connectivity index (χ0v) is 19.8. The molecule has 2 aliphatic rings. The molecule has 0 saturated carbocycles. The predicted octanol–water partition coefficient (Wildman–Crippen LogP) is 3.67. The lowest BCUT2D eigenvalue weighted by atomic mass is 9.86. The van der Waals surface area contributed by atoms with Crippen LogP contribution in [0.4, 0.5) is 11.5 Å². The van der Waals surface area contributed by atoms with Crippen LogP contribution in [0.25, 0.3) is 21.1 Å². The molecule has 2 N–H and O–H groups in total. The van der Waals surface area contributed by atoms with Gasteiger partial charge in [0.05, 0.1) is 42.6 Å². The Bertz CT molecular complexity index is 1360. The molecule has 1 aliphatic heterocycles. The molecule has 4 heterocycles. The minimum atomic E-state index is 0.0242. The smallest absolute Gasteiger partial charge is 0.226 e. The van der Waals surface area contributed by atoms with E-state index in [1.165, 1.54) is 10.4 Å². The average Bonchev–Trinajstić information content (AvgIpc) is 3.48. The van der Waals surface area contributed by atoms with Crippen LogP contribution in [-0.2, 0) is 22.4 Å². The van der Waals surface area contributed by atoms with Crippen molar-refractivity contribution < 1.29 is 14.3 Å². The molecular formula is C24H26N6O3S. The molecule has 1 unspecified atom stereocenters. The number of anilines is 2. The zero-order chi connectivity index (χ0) is 23.1. The zero-order valence-electron chi connectivity index (χ0n) is 19.0. The van der Waals surface area contributed by atoms with Gasteiger partial charge in [-0.25, -0.2) is 9.97 Å². The summed E-state index contributed by atoms with van der Waals surface area (Å²) in [5.74, 6) is 1.79. The number of carbonyl (C=O) groups excluding carboxylic acids is 1. The van der Waals surface area contributed by atoms with Gasteiger partial charge in [0.1, 0.15) is 22.7 Å². The van der Waals surface area contributed by atoms with Crippen LogP contribution >= 0.6 is 11.3 Å². The van der Waals surface area contributed by atoms with Crippen LogP contribution in [0.1, 0.15) is 23.8 Å². The molecule has 4 aromatic rings. The van der Waals surface area contributed by atoms with E-state index in [0.717, 1.165) is 57.6 Å². The Kier molecular flexibility index (Phi) is 5.54. The summed E-state index contributed by atoms with van der Waals surface area (Å²) in [5.41, 5.74) is 3.02. The standard InChI is InChI=1S/C24H26N6O3S/c1-2-33-19-11-17-15(12-27-29-17)9-18(19)28-22-21-16-4-3-14(24(31)30-5-7-32-8-6-30)10-20(16)34-23(21)26-13-25-22/h9,11-14H,2-8,10H2,1H3,(H,27,29)(H,25,26,28). The summed E-state index contributed by atoms with van der Waals surface area (Å²) < 4.78 is 11.3. The number of aryl methyl sites for hydroxylation is 1. The van der Waals surface area contributed by atoms with Gasteiger partial charge in [-0.05, 0) is 37.8 Å². The van der Waals surface area contributed by atoms with Crippen LogP contribution < -0.4 is 10.1 Å². The van der Waals surface area contributed by atoms with Gasteiger partial charge >= 0.3 is 0 Å². The Morgan fingerprint density at radius 2 is 2.21 bits per heavy atom. The molecule has 3 aromatic heterocycles. The number of ether oxygens (including phenoxy) is 2. The number of nitrogens with one attached hydrogen (secondary N) is 2. The van der Waals surface area contributed by atoms with Crippen LogP contribution in [0, 0.1) is 5.92 Å². The molecule has 176 valence electrons. The summed E-state index contributed by atoms with van der Waals surface area (Å²) in [6.45, 7) is 5.17. The summed E-state index contributed by atoms with van der Waals surface area (Å²) in [5, 5.41) is 12.7. The maximum Gasteiger partial charge on any atom is 0.226 e. The lowest BCUT2D eigenvalue weighted by Gasteiger charge is -2.31. The fourth-order valence-electron chi connectivity index (χ4n) is 4.93. The van der Waals surface area contributed by atoms with Crippen molar-refractivity contribution in [2.24, 2.45) is 5.92 Å². The van der Waals surface area contributed by atoms with E-state index < -0.39 is 0 Å². The van der Waals surface area contributed by atoms with E-state index in [9.17, 15) is 4.79 Å². The third-order valence-electron chi connectivity index (χ3n) is 6.61. The quantitative estimate of drug-likeness (QED) is 0.451. The Labute approximate surface area is 200 Å². The Morgan fingerprint density at radius 3 is 3.06 bits per heavy atom. The van der Waals surface area contributed by atoms with Gasteiger partial charge in [-0.15, -0.1) is 11.3 Å². The fourth-order valence-corrected chi connectivity index (χ4v) is 6.20. The second-order valence-corrected chi connectivity index (χ2v) is 9.73. The number of fused-ring (bicyclic) bond motifs is 4. The molecule has 34 heavy (non-hydrogen) atoms. The van der Waals surface area contributed by atoms with Crippen LogP contribution in [0.15, 0.2) is 24.7 Å². The van der Waals surface area contributed by atoms with Crippen molar-refractivity contribution in [1.29, 1.82) is 0 Å². The number of amides is 1. The van der Waals surface area contributed by atoms with E-state index in [1.807, 2.05) is 24.0 Å². The molecule has 0 radical (unpaired) electrons. The predicted molar refractivity (Wildman–Crippen MR) is 131 cm³/mol. The van der Waals surface area contributed by atoms with Gasteiger partial charge < -0.3 is 19.7 Å². The van der Waals surface area contributed by atoms with E-state index in [2.05, 4.69) is 25.5 Å². The largest absolute Gasteiger partial charge is 0.492 e. The number of hydrogen-bond donors (Lipinski definition) is 2. The molecular weight excluding hydrogens is 452 g/mol. The summed E-state index contributed by atoms with van der Waals surface area (Å²) in [6.07, 6.45) is 5.84. The maximum atomic E-state index is 13.1. The first-order valence-electron chi connectivity index (χ1n) is 11.7. The molecule has 6 rings (SSSR count). The minimum Gasteiger partial charge on any atom is -0.492 e. The molecule has 1 atom stereocenters. The second kappa shape index (κ2) is 8.84. The van der Waals surface area contributed by atoms with E-state index in [4.69, 9.17) is 9.47 Å². The number of H-pyrrole nitrogens is 1. The number of rotatable bonds is 5. The van der Waals surface area contributed by atoms with Gasteiger partial charge in [0, 0.05) is 35.3 Å². The number of benzene rings is 1. The van der Waals surface area contributed by atoms with Crippen molar-refractivity contribution in [3.8, 4) is 5.75 Å². The third-order valence-corrected chi connectivity index (χ3v) is 7.77. The van der Waals surface area contributed by atoms with Gasteiger partial charge in [-0.1, -0.05) is 0 Å². The molecule has 1 aliphatic carbocycles. The molecule has 0 bridgehead atoms. The van der Waals surface area contributed by atoms with Crippen LogP contribution in [0.2, 0.25) is 0 Å². The Balaban J connectivity index is 1.32. The first kappa shape index (κ1) is 21.3. The van der Waals surface area contributed by atoms with Crippen molar-refractivity contribution in [1.82, 2.24) is 25.1 Å². The van der Waals surface area contributed by atoms with Crippen LogP contribution in [0.5, 0.6) is 5.75 Å². The number of thiophene rings is 1. The van der Waals surface area contributed by atoms with Gasteiger partial charge in [-0.3, -0.25) is 9.89 Å². The summed E-state index contributed by atoms with van der Waals surface area (Å²) in [4.78, 5) is 26.4. The van der Waals surface area contributed by atoms with E-state index >= 15 is 0 Å². The number of nitrogens with zero attached hydrogens (tertiary/aromatic N) is 4. The summed E-state index contributed by atoms with van der Waals surface area (Å²) in [7, 11) is 0. The van der Waals surface area contributed by atoms with Crippen LogP contribution in [-0.4, -0.2) is 63.9 Å².